The van der Waals surface area contributed by atoms with Gasteiger partial charge >= 0.3 is 6.18 Å². The number of benzene rings is 1. The summed E-state index contributed by atoms with van der Waals surface area (Å²) in [6, 6.07) is 4.85. The Balaban J connectivity index is 2.60. The van der Waals surface area contributed by atoms with Crippen molar-refractivity contribution in [2.75, 3.05) is 6.54 Å². The molecule has 0 amide bonds. The molecule has 0 aliphatic rings. The fourth-order valence-corrected chi connectivity index (χ4v) is 1.75. The summed E-state index contributed by atoms with van der Waals surface area (Å²) < 4.78 is 37.5. The minimum absolute atomic E-state index is 0.317. The van der Waals surface area contributed by atoms with E-state index in [9.17, 15) is 18.3 Å². The molecule has 1 unspecified atom stereocenters. The van der Waals surface area contributed by atoms with Gasteiger partial charge in [0.15, 0.2) is 0 Å². The second kappa shape index (κ2) is 6.75. The number of alkyl halides is 3. The maximum atomic E-state index is 12.5. The van der Waals surface area contributed by atoms with Crippen molar-refractivity contribution >= 4 is 0 Å². The van der Waals surface area contributed by atoms with Gasteiger partial charge in [-0.3, -0.25) is 0 Å². The summed E-state index contributed by atoms with van der Waals surface area (Å²) in [4.78, 5) is 0. The van der Waals surface area contributed by atoms with Crippen molar-refractivity contribution in [3.63, 3.8) is 0 Å². The van der Waals surface area contributed by atoms with Crippen molar-refractivity contribution in [1.82, 2.24) is 0 Å². The maximum Gasteiger partial charge on any atom is 0.416 e. The van der Waals surface area contributed by atoms with Crippen LogP contribution in [0.3, 0.4) is 0 Å². The highest BCUT2D eigenvalue weighted by Gasteiger charge is 2.30. The molecule has 1 aromatic rings. The van der Waals surface area contributed by atoms with E-state index in [1.165, 1.54) is 12.1 Å². The molecule has 0 saturated heterocycles. The van der Waals surface area contributed by atoms with Gasteiger partial charge in [-0.05, 0) is 37.1 Å². The molecule has 1 aromatic carbocycles. The fourth-order valence-electron chi connectivity index (χ4n) is 1.75. The molecule has 0 radical (unpaired) electrons. The van der Waals surface area contributed by atoms with Crippen LogP contribution in [0.1, 0.15) is 42.9 Å². The summed E-state index contributed by atoms with van der Waals surface area (Å²) >= 11 is 0. The summed E-state index contributed by atoms with van der Waals surface area (Å²) in [5.41, 5.74) is 4.93. The highest BCUT2D eigenvalue weighted by Crippen LogP contribution is 2.31. The molecule has 5 heteroatoms. The smallest absolute Gasteiger partial charge is 0.388 e. The van der Waals surface area contributed by atoms with E-state index in [1.54, 1.807) is 0 Å². The molecule has 102 valence electrons. The van der Waals surface area contributed by atoms with Crippen LogP contribution in [0.15, 0.2) is 24.3 Å². The van der Waals surface area contributed by atoms with Crippen LogP contribution < -0.4 is 5.73 Å². The van der Waals surface area contributed by atoms with Crippen LogP contribution in [0.5, 0.6) is 0 Å². The van der Waals surface area contributed by atoms with Crippen LogP contribution in [-0.4, -0.2) is 11.7 Å². The van der Waals surface area contributed by atoms with Gasteiger partial charge in [0.1, 0.15) is 0 Å². The molecule has 3 N–H and O–H groups in total. The molecule has 0 bridgehead atoms. The van der Waals surface area contributed by atoms with E-state index in [-0.39, 0.29) is 0 Å². The number of rotatable bonds is 6. The monoisotopic (exact) mass is 261 g/mol. The third-order valence-corrected chi connectivity index (χ3v) is 2.78. The second-order valence-corrected chi connectivity index (χ2v) is 4.28. The average Bonchev–Trinajstić information content (AvgIpc) is 2.33. The van der Waals surface area contributed by atoms with E-state index in [0.29, 0.717) is 18.5 Å². The van der Waals surface area contributed by atoms with E-state index < -0.39 is 17.8 Å². The normalized spacial score (nSPS) is 13.6. The van der Waals surface area contributed by atoms with Gasteiger partial charge in [-0.25, -0.2) is 0 Å². The Kier molecular flexibility index (Phi) is 5.62. The zero-order valence-electron chi connectivity index (χ0n) is 10.1. The van der Waals surface area contributed by atoms with Crippen molar-refractivity contribution in [3.05, 3.63) is 35.4 Å². The van der Waals surface area contributed by atoms with E-state index >= 15 is 0 Å². The number of hydrogen-bond acceptors (Lipinski definition) is 2. The van der Waals surface area contributed by atoms with Gasteiger partial charge in [-0.15, -0.1) is 0 Å². The van der Waals surface area contributed by atoms with E-state index in [0.717, 1.165) is 31.4 Å². The van der Waals surface area contributed by atoms with Gasteiger partial charge in [0.2, 0.25) is 0 Å². The molecule has 1 atom stereocenters. The van der Waals surface area contributed by atoms with Crippen molar-refractivity contribution < 1.29 is 18.3 Å². The molecule has 18 heavy (non-hydrogen) atoms. The number of halogens is 3. The van der Waals surface area contributed by atoms with Crippen molar-refractivity contribution in [2.24, 2.45) is 5.73 Å². The van der Waals surface area contributed by atoms with Crippen LogP contribution in [0.2, 0.25) is 0 Å². The fraction of sp³-hybridized carbons (Fsp3) is 0.538. The molecule has 0 aliphatic carbocycles. The zero-order chi connectivity index (χ0) is 13.6. The Hall–Kier alpha value is -1.07. The predicted octanol–water partition coefficient (Wildman–Crippen LogP) is 3.26. The van der Waals surface area contributed by atoms with Crippen molar-refractivity contribution in [3.8, 4) is 0 Å². The van der Waals surface area contributed by atoms with E-state index in [2.05, 4.69) is 0 Å². The summed E-state index contributed by atoms with van der Waals surface area (Å²) in [5.74, 6) is 0. The number of unbranched alkanes of at least 4 members (excludes halogenated alkanes) is 2. The minimum atomic E-state index is -4.37. The van der Waals surface area contributed by atoms with Gasteiger partial charge in [-0.2, -0.15) is 13.2 Å². The molecular formula is C13H18F3NO. The largest absolute Gasteiger partial charge is 0.416 e. The Labute approximate surface area is 105 Å². The minimum Gasteiger partial charge on any atom is -0.388 e. The Morgan fingerprint density at radius 3 is 2.50 bits per heavy atom. The summed E-state index contributed by atoms with van der Waals surface area (Å²) in [5, 5.41) is 9.81. The van der Waals surface area contributed by atoms with Gasteiger partial charge < -0.3 is 10.8 Å². The number of aliphatic hydroxyl groups excluding tert-OH is 1. The Morgan fingerprint density at radius 1 is 1.17 bits per heavy atom. The lowest BCUT2D eigenvalue weighted by molar-refractivity contribution is -0.137. The standard InChI is InChI=1S/C13H18F3NO/c14-13(15,16)11-6-4-5-10(9-11)12(18)7-2-1-3-8-17/h4-6,9,12,18H,1-3,7-8,17H2. The molecule has 0 heterocycles. The lowest BCUT2D eigenvalue weighted by Gasteiger charge is -2.13. The molecule has 0 saturated carbocycles. The molecule has 2 nitrogen and oxygen atoms in total. The first-order chi connectivity index (χ1) is 8.45. The highest BCUT2D eigenvalue weighted by molar-refractivity contribution is 5.27. The molecular weight excluding hydrogens is 243 g/mol. The summed E-state index contributed by atoms with van der Waals surface area (Å²) in [7, 11) is 0. The number of nitrogens with two attached hydrogens (primary N) is 1. The molecule has 0 aromatic heterocycles. The van der Waals surface area contributed by atoms with Crippen molar-refractivity contribution in [1.29, 1.82) is 0 Å². The maximum absolute atomic E-state index is 12.5. The van der Waals surface area contributed by atoms with Crippen molar-refractivity contribution in [2.45, 2.75) is 38.0 Å². The zero-order valence-corrected chi connectivity index (χ0v) is 10.1. The quantitative estimate of drug-likeness (QED) is 0.772. The van der Waals surface area contributed by atoms with Gasteiger partial charge in [0.05, 0.1) is 11.7 Å². The first-order valence-electron chi connectivity index (χ1n) is 6.00. The molecule has 0 fully saturated rings. The van der Waals surface area contributed by atoms with Gasteiger partial charge in [0, 0.05) is 0 Å². The SMILES string of the molecule is NCCCCCC(O)c1cccc(C(F)(F)F)c1. The third-order valence-electron chi connectivity index (χ3n) is 2.78. The lowest BCUT2D eigenvalue weighted by atomic mass is 10.0. The van der Waals surface area contributed by atoms with E-state index in [4.69, 9.17) is 5.73 Å². The highest BCUT2D eigenvalue weighted by atomic mass is 19.4. The van der Waals surface area contributed by atoms with Crippen LogP contribution in [-0.2, 0) is 6.18 Å². The topological polar surface area (TPSA) is 46.2 Å². The first-order valence-corrected chi connectivity index (χ1v) is 6.00. The number of aliphatic hydroxyl groups is 1. The molecule has 1 rings (SSSR count). The number of hydrogen-bond donors (Lipinski definition) is 2. The Bertz CT molecular complexity index is 365. The first kappa shape index (κ1) is 15.0. The second-order valence-electron chi connectivity index (χ2n) is 4.28. The summed E-state index contributed by atoms with van der Waals surface area (Å²) in [6.45, 7) is 0.597. The molecule has 0 spiro atoms. The molecule has 0 aliphatic heterocycles. The summed E-state index contributed by atoms with van der Waals surface area (Å²) in [6.07, 6.45) is -2.24. The average molecular weight is 261 g/mol. The van der Waals surface area contributed by atoms with Gasteiger partial charge in [0.25, 0.3) is 0 Å². The van der Waals surface area contributed by atoms with E-state index in [1.807, 2.05) is 0 Å². The third kappa shape index (κ3) is 4.66. The van der Waals surface area contributed by atoms with Crippen LogP contribution in [0.4, 0.5) is 13.2 Å². The van der Waals surface area contributed by atoms with Crippen LogP contribution in [0.25, 0.3) is 0 Å². The van der Waals surface area contributed by atoms with Crippen LogP contribution >= 0.6 is 0 Å². The lowest BCUT2D eigenvalue weighted by Crippen LogP contribution is -2.07. The Morgan fingerprint density at radius 2 is 1.89 bits per heavy atom. The predicted molar refractivity (Wildman–Crippen MR) is 63.9 cm³/mol. The van der Waals surface area contributed by atoms with Crippen LogP contribution in [0, 0.1) is 0 Å². The van der Waals surface area contributed by atoms with Gasteiger partial charge in [-0.1, -0.05) is 25.0 Å².